The van der Waals surface area contributed by atoms with Crippen molar-refractivity contribution in [2.75, 3.05) is 23.7 Å². The lowest BCUT2D eigenvalue weighted by molar-refractivity contribution is -0.129. The Hall–Kier alpha value is -4.14. The van der Waals surface area contributed by atoms with Crippen LogP contribution in [0.2, 0.25) is 0 Å². The fourth-order valence-electron chi connectivity index (χ4n) is 5.53. The molecular weight excluding hydrogens is 464 g/mol. The summed E-state index contributed by atoms with van der Waals surface area (Å²) in [7, 11) is 0. The maximum atomic E-state index is 13.3. The van der Waals surface area contributed by atoms with Crippen LogP contribution < -0.4 is 10.6 Å². The molecule has 3 aromatic rings. The predicted octanol–water partition coefficient (Wildman–Crippen LogP) is 4.39. The summed E-state index contributed by atoms with van der Waals surface area (Å²) >= 11 is 0. The van der Waals surface area contributed by atoms with Crippen molar-refractivity contribution in [3.63, 3.8) is 0 Å². The lowest BCUT2D eigenvalue weighted by Gasteiger charge is -2.25. The van der Waals surface area contributed by atoms with Gasteiger partial charge < -0.3 is 20.9 Å². The minimum absolute atomic E-state index is 0.0551. The monoisotopic (exact) mass is 489 g/mol. The van der Waals surface area contributed by atoms with Gasteiger partial charge in [-0.3, -0.25) is 9.59 Å². The predicted molar refractivity (Wildman–Crippen MR) is 132 cm³/mol. The molecule has 3 atom stereocenters. The SMILES string of the molecule is CC(=O)N1CC2C(C(=O)Nc3ccc(F)cn3)C2(c2cc(C=N)c(Nc3ccc(F)cc3)cc2C)C1. The van der Waals surface area contributed by atoms with E-state index < -0.39 is 17.2 Å². The van der Waals surface area contributed by atoms with E-state index in [4.69, 9.17) is 5.41 Å². The summed E-state index contributed by atoms with van der Waals surface area (Å²) in [4.78, 5) is 31.2. The molecule has 2 fully saturated rings. The summed E-state index contributed by atoms with van der Waals surface area (Å²) in [5, 5.41) is 14.0. The van der Waals surface area contributed by atoms with E-state index in [1.165, 1.54) is 37.4 Å². The molecule has 0 spiro atoms. The van der Waals surface area contributed by atoms with E-state index in [0.29, 0.717) is 30.0 Å². The number of likely N-dealkylation sites (tertiary alicyclic amines) is 1. The zero-order chi connectivity index (χ0) is 25.6. The lowest BCUT2D eigenvalue weighted by atomic mass is 9.87. The molecule has 9 heteroatoms. The molecule has 184 valence electrons. The van der Waals surface area contributed by atoms with Gasteiger partial charge in [0.25, 0.3) is 0 Å². The maximum absolute atomic E-state index is 13.3. The number of nitrogens with zero attached hydrogens (tertiary/aromatic N) is 2. The number of piperidine rings is 1. The molecule has 5 rings (SSSR count). The number of aromatic nitrogens is 1. The molecule has 36 heavy (non-hydrogen) atoms. The summed E-state index contributed by atoms with van der Waals surface area (Å²) in [6, 6.07) is 12.4. The molecule has 1 aliphatic carbocycles. The van der Waals surface area contributed by atoms with Crippen LogP contribution in [0.1, 0.15) is 23.6 Å². The molecule has 1 aliphatic heterocycles. The number of nitrogens with one attached hydrogen (secondary N) is 3. The topological polar surface area (TPSA) is 98.2 Å². The van der Waals surface area contributed by atoms with E-state index in [2.05, 4.69) is 15.6 Å². The van der Waals surface area contributed by atoms with E-state index in [1.807, 2.05) is 19.1 Å². The lowest BCUT2D eigenvalue weighted by Crippen LogP contribution is -2.36. The Morgan fingerprint density at radius 3 is 2.50 bits per heavy atom. The van der Waals surface area contributed by atoms with Crippen LogP contribution in [0, 0.1) is 35.8 Å². The molecule has 3 unspecified atom stereocenters. The van der Waals surface area contributed by atoms with E-state index in [-0.39, 0.29) is 29.4 Å². The van der Waals surface area contributed by atoms with Crippen LogP contribution in [0.15, 0.2) is 54.7 Å². The van der Waals surface area contributed by atoms with Crippen molar-refractivity contribution in [3.8, 4) is 0 Å². The van der Waals surface area contributed by atoms with Crippen LogP contribution in [-0.2, 0) is 15.0 Å². The highest BCUT2D eigenvalue weighted by molar-refractivity contribution is 5.97. The second-order valence-electron chi connectivity index (χ2n) is 9.41. The summed E-state index contributed by atoms with van der Waals surface area (Å²) in [5.41, 5.74) is 3.21. The number of halogens is 2. The number of anilines is 3. The molecule has 0 radical (unpaired) electrons. The number of pyridine rings is 1. The maximum Gasteiger partial charge on any atom is 0.230 e. The van der Waals surface area contributed by atoms with E-state index >= 15 is 0 Å². The van der Waals surface area contributed by atoms with Crippen LogP contribution >= 0.6 is 0 Å². The number of benzene rings is 2. The number of aryl methyl sites for hydroxylation is 1. The van der Waals surface area contributed by atoms with Gasteiger partial charge in [0.15, 0.2) is 0 Å². The Bertz CT molecular complexity index is 1360. The molecule has 1 aromatic heterocycles. The van der Waals surface area contributed by atoms with Crippen molar-refractivity contribution in [2.24, 2.45) is 11.8 Å². The number of fused-ring (bicyclic) bond motifs is 1. The Labute approximate surface area is 207 Å². The summed E-state index contributed by atoms with van der Waals surface area (Å²) < 4.78 is 26.5. The normalized spacial score (nSPS) is 22.1. The molecule has 2 aromatic carbocycles. The highest BCUT2D eigenvalue weighted by Crippen LogP contribution is 2.65. The standard InChI is InChI=1S/C27H25F2N5O2/c1-15-9-23(32-20-6-3-18(28)4-7-20)17(11-30)10-21(15)27-14-34(16(2)35)13-22(27)25(27)26(36)33-24-8-5-19(29)12-31-24/h3-12,22,25,30,32H,13-14H2,1-2H3,(H,31,33,36). The second kappa shape index (κ2) is 8.82. The first-order valence-electron chi connectivity index (χ1n) is 11.6. The van der Waals surface area contributed by atoms with Gasteiger partial charge in [-0.25, -0.2) is 13.8 Å². The van der Waals surface area contributed by atoms with Crippen LogP contribution in [0.4, 0.5) is 26.0 Å². The van der Waals surface area contributed by atoms with Gasteiger partial charge >= 0.3 is 0 Å². The average Bonchev–Trinajstić information content (AvgIpc) is 3.31. The van der Waals surface area contributed by atoms with Crippen LogP contribution in [0.5, 0.6) is 0 Å². The minimum atomic E-state index is -0.591. The largest absolute Gasteiger partial charge is 0.355 e. The van der Waals surface area contributed by atoms with Crippen LogP contribution in [0.3, 0.4) is 0 Å². The molecule has 1 saturated carbocycles. The fourth-order valence-corrected chi connectivity index (χ4v) is 5.53. The molecule has 2 heterocycles. The third kappa shape index (κ3) is 4.00. The van der Waals surface area contributed by atoms with Crippen molar-refractivity contribution in [3.05, 3.63) is 83.1 Å². The summed E-state index contributed by atoms with van der Waals surface area (Å²) in [6.45, 7) is 4.31. The number of rotatable bonds is 6. The van der Waals surface area contributed by atoms with Crippen LogP contribution in [0.25, 0.3) is 0 Å². The van der Waals surface area contributed by atoms with E-state index in [1.54, 1.807) is 17.0 Å². The summed E-state index contributed by atoms with van der Waals surface area (Å²) in [5.74, 6) is -1.33. The third-order valence-corrected chi connectivity index (χ3v) is 7.26. The molecule has 0 bridgehead atoms. The first kappa shape index (κ1) is 23.6. The first-order chi connectivity index (χ1) is 17.2. The molecular formula is C27H25F2N5O2. The molecule has 2 aliphatic rings. The van der Waals surface area contributed by atoms with E-state index in [9.17, 15) is 18.4 Å². The van der Waals surface area contributed by atoms with Gasteiger partial charge in [-0.05, 0) is 66.6 Å². The van der Waals surface area contributed by atoms with Crippen LogP contribution in [-0.4, -0.2) is 41.0 Å². The van der Waals surface area contributed by atoms with E-state index in [0.717, 1.165) is 17.3 Å². The van der Waals surface area contributed by atoms with Crippen molar-refractivity contribution in [1.82, 2.24) is 9.88 Å². The summed E-state index contributed by atoms with van der Waals surface area (Å²) in [6.07, 6.45) is 2.28. The minimum Gasteiger partial charge on any atom is -0.355 e. The molecule has 2 amide bonds. The molecule has 7 nitrogen and oxygen atoms in total. The number of hydrogen-bond donors (Lipinski definition) is 3. The van der Waals surface area contributed by atoms with Gasteiger partial charge in [-0.1, -0.05) is 0 Å². The van der Waals surface area contributed by atoms with Gasteiger partial charge in [-0.2, -0.15) is 0 Å². The van der Waals surface area contributed by atoms with Crippen molar-refractivity contribution in [2.45, 2.75) is 19.3 Å². The van der Waals surface area contributed by atoms with Gasteiger partial charge in [0.05, 0.1) is 12.1 Å². The van der Waals surface area contributed by atoms with Crippen molar-refractivity contribution >= 4 is 35.2 Å². The average molecular weight is 490 g/mol. The zero-order valence-electron chi connectivity index (χ0n) is 19.8. The number of carbonyl (C=O) groups is 2. The second-order valence-corrected chi connectivity index (χ2v) is 9.41. The van der Waals surface area contributed by atoms with Gasteiger partial charge in [0.1, 0.15) is 17.5 Å². The fraction of sp³-hybridized carbons (Fsp3) is 0.259. The van der Waals surface area contributed by atoms with Gasteiger partial charge in [0, 0.05) is 54.5 Å². The highest BCUT2D eigenvalue weighted by Gasteiger charge is 2.73. The number of amides is 2. The molecule has 1 saturated heterocycles. The Morgan fingerprint density at radius 2 is 1.86 bits per heavy atom. The Kier molecular flexibility index (Phi) is 5.78. The Morgan fingerprint density at radius 1 is 1.14 bits per heavy atom. The number of hydrogen-bond acceptors (Lipinski definition) is 5. The van der Waals surface area contributed by atoms with Crippen molar-refractivity contribution in [1.29, 1.82) is 5.41 Å². The zero-order valence-corrected chi connectivity index (χ0v) is 19.8. The first-order valence-corrected chi connectivity index (χ1v) is 11.6. The van der Waals surface area contributed by atoms with Crippen molar-refractivity contribution < 1.29 is 18.4 Å². The highest BCUT2D eigenvalue weighted by atomic mass is 19.1. The molecule has 3 N–H and O–H groups in total. The third-order valence-electron chi connectivity index (χ3n) is 7.26. The number of carbonyl (C=O) groups excluding carboxylic acids is 2. The Balaban J connectivity index is 1.48. The smallest absolute Gasteiger partial charge is 0.230 e. The quantitative estimate of drug-likeness (QED) is 0.447. The van der Waals surface area contributed by atoms with Gasteiger partial charge in [0.2, 0.25) is 11.8 Å². The van der Waals surface area contributed by atoms with Gasteiger partial charge in [-0.15, -0.1) is 0 Å².